The van der Waals surface area contributed by atoms with E-state index in [4.69, 9.17) is 12.2 Å². The van der Waals surface area contributed by atoms with Gasteiger partial charge >= 0.3 is 0 Å². The third kappa shape index (κ3) is 4.18. The Morgan fingerprint density at radius 2 is 1.56 bits per heavy atom. The lowest BCUT2D eigenvalue weighted by molar-refractivity contribution is 0.0966. The topological polar surface area (TPSA) is 50.4 Å². The molecule has 1 amide bonds. The van der Waals surface area contributed by atoms with E-state index >= 15 is 0 Å². The molecule has 0 saturated heterocycles. The van der Waals surface area contributed by atoms with Crippen LogP contribution in [-0.2, 0) is 0 Å². The van der Waals surface area contributed by atoms with Gasteiger partial charge in [-0.2, -0.15) is 8.78 Å². The van der Waals surface area contributed by atoms with Crippen LogP contribution in [0, 0.1) is 26.8 Å². The predicted molar refractivity (Wildman–Crippen MR) is 95.7 cm³/mol. The molecule has 2 aromatic rings. The summed E-state index contributed by atoms with van der Waals surface area (Å²) in [6, 6.07) is 6.80. The van der Waals surface area contributed by atoms with E-state index < -0.39 is 40.5 Å². The standard InChI is InChI=1S/C15H9F4IN2O2S/c1-24-13-11(18)9(16)8(10(17)12(13)19)14(23)22-15(25)21-7-4-2-6(20)3-5-7/h2-5H,1H3,(H2,21,22,23,25). The molecule has 0 aliphatic heterocycles. The van der Waals surface area contributed by atoms with Gasteiger partial charge in [0.2, 0.25) is 11.6 Å². The molecule has 0 saturated carbocycles. The molecule has 0 aliphatic carbocycles. The first-order valence-electron chi connectivity index (χ1n) is 6.54. The van der Waals surface area contributed by atoms with Crippen LogP contribution in [0.25, 0.3) is 0 Å². The van der Waals surface area contributed by atoms with Gasteiger partial charge in [-0.05, 0) is 59.1 Å². The first-order chi connectivity index (χ1) is 11.8. The molecule has 4 nitrogen and oxygen atoms in total. The van der Waals surface area contributed by atoms with Crippen molar-refractivity contribution in [2.24, 2.45) is 0 Å². The van der Waals surface area contributed by atoms with Gasteiger partial charge in [-0.1, -0.05) is 0 Å². The number of hydrogen-bond donors (Lipinski definition) is 2. The number of nitrogens with one attached hydrogen (secondary N) is 2. The van der Waals surface area contributed by atoms with E-state index in [0.29, 0.717) is 5.69 Å². The molecule has 2 rings (SSSR count). The van der Waals surface area contributed by atoms with Gasteiger partial charge in [0.05, 0.1) is 7.11 Å². The summed E-state index contributed by atoms with van der Waals surface area (Å²) in [6.45, 7) is 0. The summed E-state index contributed by atoms with van der Waals surface area (Å²) in [4.78, 5) is 12.0. The molecule has 0 atom stereocenters. The lowest BCUT2D eigenvalue weighted by atomic mass is 10.1. The van der Waals surface area contributed by atoms with Crippen LogP contribution in [0.5, 0.6) is 5.75 Å². The Labute approximate surface area is 158 Å². The smallest absolute Gasteiger partial charge is 0.263 e. The monoisotopic (exact) mass is 484 g/mol. The zero-order valence-corrected chi connectivity index (χ0v) is 15.4. The van der Waals surface area contributed by atoms with Crippen molar-refractivity contribution in [2.45, 2.75) is 0 Å². The maximum atomic E-state index is 13.9. The van der Waals surface area contributed by atoms with E-state index in [2.05, 4.69) is 32.6 Å². The number of thiocarbonyl (C=S) groups is 1. The molecular formula is C15H9F4IN2O2S. The van der Waals surface area contributed by atoms with Crippen LogP contribution in [-0.4, -0.2) is 18.1 Å². The molecule has 0 aliphatic rings. The van der Waals surface area contributed by atoms with Crippen molar-refractivity contribution in [1.29, 1.82) is 0 Å². The van der Waals surface area contributed by atoms with Gasteiger partial charge in [0.15, 0.2) is 22.5 Å². The minimum atomic E-state index is -1.88. The minimum absolute atomic E-state index is 0.304. The Bertz CT molecular complexity index is 817. The summed E-state index contributed by atoms with van der Waals surface area (Å²) in [6.07, 6.45) is 0. The van der Waals surface area contributed by atoms with Gasteiger partial charge in [-0.15, -0.1) is 0 Å². The van der Waals surface area contributed by atoms with Crippen LogP contribution in [0.15, 0.2) is 24.3 Å². The fraction of sp³-hybridized carbons (Fsp3) is 0.0667. The molecule has 0 aromatic heterocycles. The van der Waals surface area contributed by atoms with Crippen molar-refractivity contribution in [3.63, 3.8) is 0 Å². The molecule has 0 spiro atoms. The molecule has 2 aromatic carbocycles. The van der Waals surface area contributed by atoms with Crippen molar-refractivity contribution < 1.29 is 27.1 Å². The number of carbonyl (C=O) groups excluding carboxylic acids is 1. The van der Waals surface area contributed by atoms with E-state index in [9.17, 15) is 22.4 Å². The molecule has 132 valence electrons. The summed E-state index contributed by atoms with van der Waals surface area (Å²) >= 11 is 6.93. The van der Waals surface area contributed by atoms with Crippen LogP contribution in [0.3, 0.4) is 0 Å². The third-order valence-corrected chi connectivity index (χ3v) is 3.91. The van der Waals surface area contributed by atoms with Crippen molar-refractivity contribution in [3.8, 4) is 5.75 Å². The minimum Gasteiger partial charge on any atom is -0.491 e. The predicted octanol–water partition coefficient (Wildman–Crippen LogP) is 3.98. The first kappa shape index (κ1) is 19.4. The van der Waals surface area contributed by atoms with Crippen molar-refractivity contribution >= 4 is 51.5 Å². The fourth-order valence-electron chi connectivity index (χ4n) is 1.85. The molecule has 0 unspecified atom stereocenters. The van der Waals surface area contributed by atoms with Gasteiger partial charge < -0.3 is 10.1 Å². The number of rotatable bonds is 3. The third-order valence-electron chi connectivity index (χ3n) is 2.98. The van der Waals surface area contributed by atoms with Gasteiger partial charge in [0.1, 0.15) is 5.56 Å². The number of amides is 1. The summed E-state index contributed by atoms with van der Waals surface area (Å²) in [5.41, 5.74) is -0.943. The first-order valence-corrected chi connectivity index (χ1v) is 8.02. The van der Waals surface area contributed by atoms with Gasteiger partial charge in [0.25, 0.3) is 5.91 Å². The maximum Gasteiger partial charge on any atom is 0.263 e. The van der Waals surface area contributed by atoms with E-state index in [1.165, 1.54) is 0 Å². The number of methoxy groups -OCH3 is 1. The van der Waals surface area contributed by atoms with Crippen molar-refractivity contribution in [2.75, 3.05) is 12.4 Å². The highest BCUT2D eigenvalue weighted by Crippen LogP contribution is 2.29. The Morgan fingerprint density at radius 3 is 2.04 bits per heavy atom. The molecule has 0 radical (unpaired) electrons. The highest BCUT2D eigenvalue weighted by molar-refractivity contribution is 14.1. The van der Waals surface area contributed by atoms with E-state index in [0.717, 1.165) is 10.7 Å². The largest absolute Gasteiger partial charge is 0.491 e. The van der Waals surface area contributed by atoms with Crippen LogP contribution < -0.4 is 15.4 Å². The Morgan fingerprint density at radius 1 is 1.04 bits per heavy atom. The SMILES string of the molecule is COc1c(F)c(F)c(C(=O)NC(=S)Nc2ccc(I)cc2)c(F)c1F. The average Bonchev–Trinajstić information content (AvgIpc) is 2.56. The van der Waals surface area contributed by atoms with Gasteiger partial charge in [-0.3, -0.25) is 10.1 Å². The Hall–Kier alpha value is -1.95. The number of carbonyl (C=O) groups is 1. The van der Waals surface area contributed by atoms with Crippen LogP contribution in [0.2, 0.25) is 0 Å². The molecule has 2 N–H and O–H groups in total. The lowest BCUT2D eigenvalue weighted by Gasteiger charge is -2.12. The average molecular weight is 484 g/mol. The summed E-state index contributed by atoms with van der Waals surface area (Å²) in [5.74, 6) is -10.1. The van der Waals surface area contributed by atoms with E-state index in [-0.39, 0.29) is 5.11 Å². The summed E-state index contributed by atoms with van der Waals surface area (Å²) < 4.78 is 60.2. The number of halogens is 5. The second-order valence-corrected chi connectivity index (χ2v) is 6.23. The molecule has 25 heavy (non-hydrogen) atoms. The Kier molecular flexibility index (Phi) is 6.16. The normalized spacial score (nSPS) is 10.3. The molecule has 0 heterocycles. The van der Waals surface area contributed by atoms with Crippen LogP contribution >= 0.6 is 34.8 Å². The Balaban J connectivity index is 2.23. The van der Waals surface area contributed by atoms with Gasteiger partial charge in [-0.25, -0.2) is 8.78 Å². The zero-order valence-electron chi connectivity index (χ0n) is 12.4. The number of anilines is 1. The number of ether oxygens (including phenoxy) is 1. The quantitative estimate of drug-likeness (QED) is 0.300. The van der Waals surface area contributed by atoms with Crippen molar-refractivity contribution in [3.05, 3.63) is 56.7 Å². The van der Waals surface area contributed by atoms with Crippen LogP contribution in [0.4, 0.5) is 23.2 Å². The number of benzene rings is 2. The highest BCUT2D eigenvalue weighted by atomic mass is 127. The number of hydrogen-bond acceptors (Lipinski definition) is 3. The molecular weight excluding hydrogens is 475 g/mol. The van der Waals surface area contributed by atoms with E-state index in [1.54, 1.807) is 24.3 Å². The summed E-state index contributed by atoms with van der Waals surface area (Å²) in [5, 5.41) is 4.25. The zero-order chi connectivity index (χ0) is 18.7. The maximum absolute atomic E-state index is 13.9. The summed E-state index contributed by atoms with van der Waals surface area (Å²) in [7, 11) is 0.834. The molecule has 0 fully saturated rings. The van der Waals surface area contributed by atoms with Crippen LogP contribution in [0.1, 0.15) is 10.4 Å². The fourth-order valence-corrected chi connectivity index (χ4v) is 2.42. The lowest BCUT2D eigenvalue weighted by Crippen LogP contribution is -2.35. The second kappa shape index (κ2) is 7.95. The molecule has 0 bridgehead atoms. The van der Waals surface area contributed by atoms with Crippen molar-refractivity contribution in [1.82, 2.24) is 5.32 Å². The molecule has 10 heteroatoms. The highest BCUT2D eigenvalue weighted by Gasteiger charge is 2.30. The van der Waals surface area contributed by atoms with Gasteiger partial charge in [0, 0.05) is 9.26 Å². The second-order valence-electron chi connectivity index (χ2n) is 4.58. The van der Waals surface area contributed by atoms with E-state index in [1.807, 2.05) is 5.32 Å².